The van der Waals surface area contributed by atoms with Gasteiger partial charge in [-0.25, -0.2) is 5.84 Å². The molecule has 0 aliphatic carbocycles. The number of pyridine rings is 1. The van der Waals surface area contributed by atoms with Crippen molar-refractivity contribution in [2.45, 2.75) is 0 Å². The molecule has 1 heterocycles. The van der Waals surface area contributed by atoms with Crippen molar-refractivity contribution in [1.29, 1.82) is 0 Å². The van der Waals surface area contributed by atoms with E-state index >= 15 is 0 Å². The Bertz CT molecular complexity index is 228. The summed E-state index contributed by atoms with van der Waals surface area (Å²) in [5.74, 6) is 6.81. The highest BCUT2D eigenvalue weighted by Gasteiger charge is 2.04. The van der Waals surface area contributed by atoms with Crippen LogP contribution in [0.1, 0.15) is 0 Å². The van der Waals surface area contributed by atoms with Crippen LogP contribution >= 0.6 is 0 Å². The van der Waals surface area contributed by atoms with Crippen LogP contribution in [0.3, 0.4) is 0 Å². The maximum Gasteiger partial charge on any atom is 0.241 e. The van der Waals surface area contributed by atoms with Crippen molar-refractivity contribution in [2.75, 3.05) is 20.1 Å². The topological polar surface area (TPSA) is 48.4 Å². The second-order valence-corrected chi connectivity index (χ2v) is 2.06. The Hall–Kier alpha value is -1.45. The van der Waals surface area contributed by atoms with Crippen molar-refractivity contribution in [3.8, 4) is 11.5 Å². The van der Waals surface area contributed by atoms with Gasteiger partial charge in [0.1, 0.15) is 0 Å². The molecule has 0 aliphatic heterocycles. The van der Waals surface area contributed by atoms with Gasteiger partial charge in [-0.2, -0.15) is 0 Å². The van der Waals surface area contributed by atoms with E-state index < -0.39 is 0 Å². The SMILES string of the molecule is COc1cc(OC)c[n+](N)c1. The number of hydrogen-bond donors (Lipinski definition) is 1. The Kier molecular flexibility index (Phi) is 2.15. The van der Waals surface area contributed by atoms with Crippen molar-refractivity contribution >= 4 is 0 Å². The lowest BCUT2D eigenvalue weighted by molar-refractivity contribution is -0.639. The predicted molar refractivity (Wildman–Crippen MR) is 39.9 cm³/mol. The molecular formula is C7H11N2O2+. The lowest BCUT2D eigenvalue weighted by atomic mass is 10.4. The van der Waals surface area contributed by atoms with Gasteiger partial charge in [-0.1, -0.05) is 4.68 Å². The number of hydrogen-bond acceptors (Lipinski definition) is 3. The Labute approximate surface area is 65.1 Å². The van der Waals surface area contributed by atoms with Crippen molar-refractivity contribution < 1.29 is 14.1 Å². The molecule has 1 aromatic rings. The van der Waals surface area contributed by atoms with Gasteiger partial charge in [0.25, 0.3) is 0 Å². The zero-order chi connectivity index (χ0) is 8.27. The van der Waals surface area contributed by atoms with Crippen molar-refractivity contribution in [3.05, 3.63) is 18.5 Å². The molecule has 0 aliphatic rings. The molecule has 1 rings (SSSR count). The van der Waals surface area contributed by atoms with E-state index in [1.54, 1.807) is 32.7 Å². The average Bonchev–Trinajstić information content (AvgIpc) is 2.03. The quantitative estimate of drug-likeness (QED) is 0.471. The zero-order valence-corrected chi connectivity index (χ0v) is 6.57. The monoisotopic (exact) mass is 155 g/mol. The fourth-order valence-corrected chi connectivity index (χ4v) is 0.769. The first-order valence-corrected chi connectivity index (χ1v) is 3.15. The molecular weight excluding hydrogens is 144 g/mol. The highest BCUT2D eigenvalue weighted by Crippen LogP contribution is 2.14. The van der Waals surface area contributed by atoms with E-state index in [9.17, 15) is 0 Å². The maximum atomic E-state index is 5.47. The predicted octanol–water partition coefficient (Wildman–Crippen LogP) is -0.295. The summed E-state index contributed by atoms with van der Waals surface area (Å²) in [6.45, 7) is 0. The number of methoxy groups -OCH3 is 2. The molecule has 0 unspecified atom stereocenters. The fraction of sp³-hybridized carbons (Fsp3) is 0.286. The molecule has 4 nitrogen and oxygen atoms in total. The molecule has 1 aromatic heterocycles. The second-order valence-electron chi connectivity index (χ2n) is 2.06. The van der Waals surface area contributed by atoms with Crippen LogP contribution in [0.4, 0.5) is 0 Å². The molecule has 0 amide bonds. The summed E-state index contributed by atoms with van der Waals surface area (Å²) in [5.41, 5.74) is 0. The normalized spacial score (nSPS) is 9.27. The molecule has 0 spiro atoms. The van der Waals surface area contributed by atoms with Crippen LogP contribution in [0, 0.1) is 0 Å². The van der Waals surface area contributed by atoms with Crippen LogP contribution < -0.4 is 20.0 Å². The standard InChI is InChI=1S/C7H11N2O2/c1-10-6-3-7(11-2)5-9(8)4-6/h3-5H,8H2,1-2H3/q+1. The number of nitrogens with zero attached hydrogens (tertiary/aromatic N) is 1. The Morgan fingerprint density at radius 2 is 1.64 bits per heavy atom. The highest BCUT2D eigenvalue weighted by atomic mass is 16.5. The number of nitrogens with two attached hydrogens (primary N) is 1. The first-order chi connectivity index (χ1) is 5.26. The van der Waals surface area contributed by atoms with Crippen LogP contribution in [-0.4, -0.2) is 14.2 Å². The molecule has 0 atom stereocenters. The third kappa shape index (κ3) is 1.73. The summed E-state index contributed by atoms with van der Waals surface area (Å²) in [5, 5.41) is 0. The zero-order valence-electron chi connectivity index (χ0n) is 6.57. The van der Waals surface area contributed by atoms with Crippen LogP contribution in [0.15, 0.2) is 18.5 Å². The third-order valence-corrected chi connectivity index (χ3v) is 1.31. The van der Waals surface area contributed by atoms with Gasteiger partial charge in [-0.3, -0.25) is 0 Å². The van der Waals surface area contributed by atoms with Crippen molar-refractivity contribution in [1.82, 2.24) is 0 Å². The van der Waals surface area contributed by atoms with Gasteiger partial charge in [0.05, 0.1) is 14.2 Å². The first-order valence-electron chi connectivity index (χ1n) is 3.15. The van der Waals surface area contributed by atoms with Crippen LogP contribution in [0.2, 0.25) is 0 Å². The van der Waals surface area contributed by atoms with Gasteiger partial charge in [0, 0.05) is 6.07 Å². The Morgan fingerprint density at radius 1 is 1.18 bits per heavy atom. The first kappa shape index (κ1) is 7.65. The molecule has 0 saturated carbocycles. The minimum atomic E-state index is 0.673. The Morgan fingerprint density at radius 3 is 2.00 bits per heavy atom. The number of aromatic nitrogens is 1. The van der Waals surface area contributed by atoms with Gasteiger partial charge in [0.2, 0.25) is 12.4 Å². The van der Waals surface area contributed by atoms with Crippen LogP contribution in [-0.2, 0) is 0 Å². The Balaban J connectivity index is 3.02. The lowest BCUT2D eigenvalue weighted by Crippen LogP contribution is -2.43. The van der Waals surface area contributed by atoms with E-state index in [0.29, 0.717) is 11.5 Å². The number of nitrogen functional groups attached to an aromatic ring is 1. The minimum absolute atomic E-state index is 0.673. The summed E-state index contributed by atoms with van der Waals surface area (Å²) in [4.78, 5) is 0. The average molecular weight is 155 g/mol. The third-order valence-electron chi connectivity index (χ3n) is 1.31. The molecule has 0 bridgehead atoms. The van der Waals surface area contributed by atoms with Crippen molar-refractivity contribution in [3.63, 3.8) is 0 Å². The smallest absolute Gasteiger partial charge is 0.241 e. The summed E-state index contributed by atoms with van der Waals surface area (Å²) in [6.07, 6.45) is 3.31. The molecule has 0 radical (unpaired) electrons. The summed E-state index contributed by atoms with van der Waals surface area (Å²) in [7, 11) is 3.16. The number of rotatable bonds is 2. The van der Waals surface area contributed by atoms with Crippen molar-refractivity contribution in [2.24, 2.45) is 0 Å². The molecule has 60 valence electrons. The minimum Gasteiger partial charge on any atom is -0.491 e. The highest BCUT2D eigenvalue weighted by molar-refractivity contribution is 5.25. The second kappa shape index (κ2) is 3.09. The van der Waals surface area contributed by atoms with E-state index in [1.165, 1.54) is 4.68 Å². The molecule has 4 heteroatoms. The van der Waals surface area contributed by atoms with Gasteiger partial charge in [-0.05, 0) is 0 Å². The van der Waals surface area contributed by atoms with Gasteiger partial charge in [-0.15, -0.1) is 0 Å². The molecule has 0 fully saturated rings. The molecule has 0 aromatic carbocycles. The van der Waals surface area contributed by atoms with E-state index in [1.807, 2.05) is 0 Å². The van der Waals surface area contributed by atoms with E-state index in [-0.39, 0.29) is 0 Å². The van der Waals surface area contributed by atoms with Gasteiger partial charge >= 0.3 is 0 Å². The number of ether oxygens (including phenoxy) is 2. The van der Waals surface area contributed by atoms with Gasteiger partial charge < -0.3 is 9.47 Å². The van der Waals surface area contributed by atoms with E-state index in [2.05, 4.69) is 0 Å². The fourth-order valence-electron chi connectivity index (χ4n) is 0.769. The maximum absolute atomic E-state index is 5.47. The summed E-state index contributed by atoms with van der Waals surface area (Å²) < 4.78 is 11.3. The summed E-state index contributed by atoms with van der Waals surface area (Å²) >= 11 is 0. The van der Waals surface area contributed by atoms with E-state index in [0.717, 1.165) is 0 Å². The summed E-state index contributed by atoms with van der Waals surface area (Å²) in [6, 6.07) is 1.75. The molecule has 11 heavy (non-hydrogen) atoms. The largest absolute Gasteiger partial charge is 0.491 e. The van der Waals surface area contributed by atoms with Gasteiger partial charge in [0.15, 0.2) is 11.5 Å². The van der Waals surface area contributed by atoms with Crippen LogP contribution in [0.5, 0.6) is 11.5 Å². The molecule has 2 N–H and O–H groups in total. The van der Waals surface area contributed by atoms with E-state index in [4.69, 9.17) is 15.3 Å². The van der Waals surface area contributed by atoms with Crippen LogP contribution in [0.25, 0.3) is 0 Å². The molecule has 0 saturated heterocycles. The lowest BCUT2D eigenvalue weighted by Gasteiger charge is -1.99.